The maximum atomic E-state index is 11.0. The average Bonchev–Trinajstić information content (AvgIpc) is 2.21. The second kappa shape index (κ2) is 5.65. The summed E-state index contributed by atoms with van der Waals surface area (Å²) in [5.41, 5.74) is 0. The van der Waals surface area contributed by atoms with Gasteiger partial charge in [-0.05, 0) is 13.0 Å². The Balaban J connectivity index is 1.59. The van der Waals surface area contributed by atoms with Gasteiger partial charge < -0.3 is 10.2 Å². The van der Waals surface area contributed by atoms with Gasteiger partial charge in [-0.25, -0.2) is 8.42 Å². The van der Waals surface area contributed by atoms with Crippen molar-refractivity contribution in [1.82, 2.24) is 15.1 Å². The molecule has 2 heterocycles. The molecule has 2 fully saturated rings. The molecule has 0 aromatic carbocycles. The lowest BCUT2D eigenvalue weighted by Crippen LogP contribution is -2.62. The Morgan fingerprint density at radius 2 is 1.88 bits per heavy atom. The van der Waals surface area contributed by atoms with Gasteiger partial charge in [-0.3, -0.25) is 4.90 Å². The molecule has 17 heavy (non-hydrogen) atoms. The Bertz CT molecular complexity index is 333. The zero-order chi connectivity index (χ0) is 12.3. The maximum Gasteiger partial charge on any atom is 0.147 e. The maximum absolute atomic E-state index is 11.0. The highest BCUT2D eigenvalue weighted by Gasteiger charge is 2.31. The molecular weight excluding hydrogens is 238 g/mol. The van der Waals surface area contributed by atoms with Gasteiger partial charge in [0.2, 0.25) is 0 Å². The normalized spacial score (nSPS) is 24.8. The Morgan fingerprint density at radius 3 is 2.47 bits per heavy atom. The molecule has 100 valence electrons. The Hall–Kier alpha value is -0.170. The van der Waals surface area contributed by atoms with Gasteiger partial charge in [0.1, 0.15) is 9.84 Å². The number of sulfone groups is 1. The van der Waals surface area contributed by atoms with E-state index < -0.39 is 9.84 Å². The molecule has 2 aliphatic heterocycles. The third-order valence-electron chi connectivity index (χ3n) is 3.60. The molecule has 0 radical (unpaired) electrons. The van der Waals surface area contributed by atoms with Crippen LogP contribution >= 0.6 is 0 Å². The van der Waals surface area contributed by atoms with Crippen LogP contribution in [0.25, 0.3) is 0 Å². The van der Waals surface area contributed by atoms with Crippen molar-refractivity contribution in [3.8, 4) is 0 Å². The summed E-state index contributed by atoms with van der Waals surface area (Å²) in [7, 11) is -2.78. The quantitative estimate of drug-likeness (QED) is 0.689. The van der Waals surface area contributed by atoms with Gasteiger partial charge in [-0.1, -0.05) is 0 Å². The second-order valence-corrected chi connectivity index (χ2v) is 7.44. The van der Waals surface area contributed by atoms with Crippen LogP contribution in [-0.2, 0) is 9.84 Å². The first-order chi connectivity index (χ1) is 8.04. The summed E-state index contributed by atoms with van der Waals surface area (Å²) < 4.78 is 22.0. The number of nitrogens with zero attached hydrogens (tertiary/aromatic N) is 2. The first-order valence-electron chi connectivity index (χ1n) is 6.39. The van der Waals surface area contributed by atoms with Gasteiger partial charge in [-0.2, -0.15) is 0 Å². The molecule has 6 heteroatoms. The molecule has 0 amide bonds. The van der Waals surface area contributed by atoms with Gasteiger partial charge >= 0.3 is 0 Å². The molecule has 0 aromatic heterocycles. The predicted molar refractivity (Wildman–Crippen MR) is 69.0 cm³/mol. The summed E-state index contributed by atoms with van der Waals surface area (Å²) >= 11 is 0. The molecule has 1 N–H and O–H groups in total. The van der Waals surface area contributed by atoms with Crippen LogP contribution < -0.4 is 5.32 Å². The molecule has 0 aliphatic carbocycles. The fraction of sp³-hybridized carbons (Fsp3) is 1.00. The summed E-state index contributed by atoms with van der Waals surface area (Å²) in [5, 5.41) is 3.36. The molecule has 0 saturated carbocycles. The van der Waals surface area contributed by atoms with E-state index in [4.69, 9.17) is 0 Å². The number of hydrogen-bond acceptors (Lipinski definition) is 5. The Morgan fingerprint density at radius 1 is 1.24 bits per heavy atom. The van der Waals surface area contributed by atoms with Crippen molar-refractivity contribution >= 4 is 9.84 Å². The lowest BCUT2D eigenvalue weighted by molar-refractivity contribution is 0.0277. The largest absolute Gasteiger partial charge is 0.314 e. The van der Waals surface area contributed by atoms with Crippen molar-refractivity contribution in [3.05, 3.63) is 0 Å². The molecule has 0 bridgehead atoms. The minimum atomic E-state index is -2.78. The molecule has 0 spiro atoms. The summed E-state index contributed by atoms with van der Waals surface area (Å²) in [5.74, 6) is 0.321. The SMILES string of the molecule is CS(=O)(=O)CCCN1CC(N2CCNCC2)C1. The zero-order valence-corrected chi connectivity index (χ0v) is 11.4. The first kappa shape index (κ1) is 13.3. The molecule has 5 nitrogen and oxygen atoms in total. The molecule has 2 rings (SSSR count). The fourth-order valence-corrected chi connectivity index (χ4v) is 3.21. The van der Waals surface area contributed by atoms with Crippen molar-refractivity contribution in [3.63, 3.8) is 0 Å². The van der Waals surface area contributed by atoms with Gasteiger partial charge in [0, 0.05) is 51.6 Å². The van der Waals surface area contributed by atoms with E-state index in [1.807, 2.05) is 0 Å². The van der Waals surface area contributed by atoms with Gasteiger partial charge in [0.05, 0.1) is 5.75 Å². The van der Waals surface area contributed by atoms with E-state index in [0.717, 1.165) is 52.2 Å². The van der Waals surface area contributed by atoms with Crippen molar-refractivity contribution in [2.24, 2.45) is 0 Å². The summed E-state index contributed by atoms with van der Waals surface area (Å²) in [6.07, 6.45) is 2.08. The number of nitrogens with one attached hydrogen (secondary N) is 1. The van der Waals surface area contributed by atoms with E-state index >= 15 is 0 Å². The van der Waals surface area contributed by atoms with Gasteiger partial charge in [-0.15, -0.1) is 0 Å². The minimum Gasteiger partial charge on any atom is -0.314 e. The van der Waals surface area contributed by atoms with Crippen molar-refractivity contribution in [2.75, 3.05) is 57.8 Å². The number of piperazine rings is 1. The van der Waals surface area contributed by atoms with Crippen molar-refractivity contribution in [2.45, 2.75) is 12.5 Å². The van der Waals surface area contributed by atoms with E-state index in [1.165, 1.54) is 6.26 Å². The Labute approximate surface area is 104 Å². The highest BCUT2D eigenvalue weighted by molar-refractivity contribution is 7.90. The summed E-state index contributed by atoms with van der Waals surface area (Å²) in [6.45, 7) is 7.67. The highest BCUT2D eigenvalue weighted by Crippen LogP contribution is 2.15. The summed E-state index contributed by atoms with van der Waals surface area (Å²) in [4.78, 5) is 4.90. The van der Waals surface area contributed by atoms with E-state index in [9.17, 15) is 8.42 Å². The van der Waals surface area contributed by atoms with Crippen LogP contribution in [0.2, 0.25) is 0 Å². The van der Waals surface area contributed by atoms with Crippen LogP contribution in [0.1, 0.15) is 6.42 Å². The van der Waals surface area contributed by atoms with Gasteiger partial charge in [0.25, 0.3) is 0 Å². The lowest BCUT2D eigenvalue weighted by Gasteiger charge is -2.46. The third-order valence-corrected chi connectivity index (χ3v) is 4.63. The standard InChI is InChI=1S/C11H23N3O2S/c1-17(15,16)8-2-5-13-9-11(10-13)14-6-3-12-4-7-14/h11-12H,2-10H2,1H3. The van der Waals surface area contributed by atoms with Crippen LogP contribution in [0.15, 0.2) is 0 Å². The molecule has 0 aromatic rings. The molecule has 0 atom stereocenters. The van der Waals surface area contributed by atoms with E-state index in [2.05, 4.69) is 15.1 Å². The van der Waals surface area contributed by atoms with Crippen molar-refractivity contribution < 1.29 is 8.42 Å². The third kappa shape index (κ3) is 4.21. The number of rotatable bonds is 5. The Kier molecular flexibility index (Phi) is 4.41. The van der Waals surface area contributed by atoms with Crippen LogP contribution in [0.5, 0.6) is 0 Å². The van der Waals surface area contributed by atoms with E-state index in [0.29, 0.717) is 11.8 Å². The average molecular weight is 261 g/mol. The second-order valence-electron chi connectivity index (χ2n) is 5.18. The topological polar surface area (TPSA) is 52.7 Å². The monoisotopic (exact) mass is 261 g/mol. The molecule has 0 unspecified atom stereocenters. The van der Waals surface area contributed by atoms with Gasteiger partial charge in [0.15, 0.2) is 0 Å². The van der Waals surface area contributed by atoms with Crippen LogP contribution in [0, 0.1) is 0 Å². The van der Waals surface area contributed by atoms with Crippen LogP contribution in [0.4, 0.5) is 0 Å². The van der Waals surface area contributed by atoms with E-state index in [1.54, 1.807) is 0 Å². The molecular formula is C11H23N3O2S. The lowest BCUT2D eigenvalue weighted by atomic mass is 10.1. The highest BCUT2D eigenvalue weighted by atomic mass is 32.2. The molecule has 2 saturated heterocycles. The molecule has 2 aliphatic rings. The predicted octanol–water partition coefficient (Wildman–Crippen LogP) is -0.989. The fourth-order valence-electron chi connectivity index (χ4n) is 2.55. The van der Waals surface area contributed by atoms with E-state index in [-0.39, 0.29) is 0 Å². The zero-order valence-electron chi connectivity index (χ0n) is 10.6. The first-order valence-corrected chi connectivity index (χ1v) is 8.45. The summed E-state index contributed by atoms with van der Waals surface area (Å²) in [6, 6.07) is 0.704. The van der Waals surface area contributed by atoms with Crippen LogP contribution in [-0.4, -0.2) is 82.1 Å². The number of likely N-dealkylation sites (tertiary alicyclic amines) is 1. The van der Waals surface area contributed by atoms with Crippen molar-refractivity contribution in [1.29, 1.82) is 0 Å². The minimum absolute atomic E-state index is 0.321. The van der Waals surface area contributed by atoms with Crippen LogP contribution in [0.3, 0.4) is 0 Å². The number of hydrogen-bond donors (Lipinski definition) is 1. The smallest absolute Gasteiger partial charge is 0.147 e.